The number of likely N-dealkylation sites (N-methyl/N-ethyl adjacent to an activating group) is 1. The van der Waals surface area contributed by atoms with Crippen molar-refractivity contribution in [3.63, 3.8) is 0 Å². The molecule has 2 bridgehead atoms. The van der Waals surface area contributed by atoms with Crippen molar-refractivity contribution in [2.24, 2.45) is 5.92 Å². The molecule has 1 aromatic heterocycles. The minimum Gasteiger partial charge on any atom is -0.496 e. The number of ether oxygens (including phenoxy) is 1. The van der Waals surface area contributed by atoms with Gasteiger partial charge in [0.25, 0.3) is 5.91 Å². The Morgan fingerprint density at radius 3 is 2.41 bits per heavy atom. The molecule has 3 aliphatic carbocycles. The summed E-state index contributed by atoms with van der Waals surface area (Å²) in [6.45, 7) is 8.00. The minimum atomic E-state index is -3.85. The van der Waals surface area contributed by atoms with Crippen LogP contribution in [0.15, 0.2) is 83.0 Å². The van der Waals surface area contributed by atoms with Crippen LogP contribution < -0.4 is 9.46 Å². The molecular weight excluding hydrogens is 723 g/mol. The molecule has 0 spiro atoms. The van der Waals surface area contributed by atoms with Crippen molar-refractivity contribution in [2.45, 2.75) is 101 Å². The number of carbonyl (C=O) groups excluding carboxylic acids is 2. The molecule has 2 amide bonds. The number of nitrogens with zero attached hydrogens (tertiary/aromatic N) is 4. The van der Waals surface area contributed by atoms with E-state index in [1.807, 2.05) is 6.92 Å². The summed E-state index contributed by atoms with van der Waals surface area (Å²) in [6.07, 6.45) is 11.1. The molecule has 6 aliphatic rings. The van der Waals surface area contributed by atoms with E-state index in [4.69, 9.17) is 4.74 Å². The van der Waals surface area contributed by atoms with Crippen LogP contribution in [0.1, 0.15) is 87.4 Å². The molecule has 3 aliphatic heterocycles. The van der Waals surface area contributed by atoms with E-state index in [1.165, 1.54) is 30.4 Å². The molecule has 0 radical (unpaired) electrons. The number of hydrogen-bond donors (Lipinski definition) is 1. The summed E-state index contributed by atoms with van der Waals surface area (Å²) in [4.78, 5) is 36.5. The van der Waals surface area contributed by atoms with Crippen LogP contribution in [0.25, 0.3) is 10.9 Å². The zero-order chi connectivity index (χ0) is 38.9. The predicted molar refractivity (Wildman–Crippen MR) is 219 cm³/mol. The highest BCUT2D eigenvalue weighted by Gasteiger charge is 2.51. The average Bonchev–Trinajstić information content (AvgIpc) is 3.82. The number of sulfonamides is 1. The maximum absolute atomic E-state index is 15.4. The number of carbonyl (C=O) groups is 2. The van der Waals surface area contributed by atoms with E-state index in [9.17, 15) is 13.2 Å². The highest BCUT2D eigenvalue weighted by atomic mass is 32.2. The number of hydrogen-bond acceptors (Lipinski definition) is 7. The van der Waals surface area contributed by atoms with Crippen LogP contribution in [0.2, 0.25) is 0 Å². The fraction of sp³-hybridized carbons (Fsp3) is 0.511. The average molecular weight is 778 g/mol. The van der Waals surface area contributed by atoms with Gasteiger partial charge in [0.1, 0.15) is 5.75 Å². The summed E-state index contributed by atoms with van der Waals surface area (Å²) in [5.41, 5.74) is 7.86. The van der Waals surface area contributed by atoms with Crippen LogP contribution >= 0.6 is 0 Å². The molecule has 5 atom stereocenters. The van der Waals surface area contributed by atoms with Gasteiger partial charge in [-0.1, -0.05) is 74.7 Å². The summed E-state index contributed by atoms with van der Waals surface area (Å²) in [5, 5.41) is 0.341. The molecule has 1 saturated carbocycles. The van der Waals surface area contributed by atoms with E-state index >= 15 is 4.79 Å². The Bertz CT molecular complexity index is 2250. The SMILES string of the molecule is CCC(C)S(=O)(=O)NC(=O)C1=C2Cn3c(cc4c(OC)ccc(C5CCCCC5)c43)C3C(=C21)C=CC[C@H]3C(=O)N1C2CN(C)CC1CN(Cc1ccccc1)C2. The Morgan fingerprint density at radius 2 is 1.71 bits per heavy atom. The number of aromatic nitrogens is 1. The first kappa shape index (κ1) is 37.4. The maximum Gasteiger partial charge on any atom is 0.265 e. The first-order valence-corrected chi connectivity index (χ1v) is 22.3. The molecule has 4 unspecified atom stereocenters. The fourth-order valence-electron chi connectivity index (χ4n) is 10.8. The zero-order valence-corrected chi connectivity index (χ0v) is 34.0. The summed E-state index contributed by atoms with van der Waals surface area (Å²) in [5.74, 6) is 0.126. The van der Waals surface area contributed by atoms with Crippen molar-refractivity contribution in [1.29, 1.82) is 0 Å². The van der Waals surface area contributed by atoms with Gasteiger partial charge in [0.2, 0.25) is 15.9 Å². The largest absolute Gasteiger partial charge is 0.496 e. The van der Waals surface area contributed by atoms with Gasteiger partial charge in [-0.3, -0.25) is 14.5 Å². The van der Waals surface area contributed by atoms with Crippen LogP contribution in [0, 0.1) is 5.92 Å². The van der Waals surface area contributed by atoms with Crippen molar-refractivity contribution in [3.8, 4) is 5.75 Å². The summed E-state index contributed by atoms with van der Waals surface area (Å²) in [6, 6.07) is 17.3. The van der Waals surface area contributed by atoms with Crippen LogP contribution in [-0.4, -0.2) is 97.2 Å². The van der Waals surface area contributed by atoms with Gasteiger partial charge in [0.15, 0.2) is 0 Å². The van der Waals surface area contributed by atoms with Crippen molar-refractivity contribution in [1.82, 2.24) is 24.0 Å². The molecule has 3 aromatic rings. The number of rotatable bonds is 9. The van der Waals surface area contributed by atoms with Crippen LogP contribution in [0.5, 0.6) is 5.75 Å². The minimum absolute atomic E-state index is 0.0575. The quantitative estimate of drug-likeness (QED) is 0.274. The molecule has 9 rings (SSSR count). The molecule has 296 valence electrons. The van der Waals surface area contributed by atoms with E-state index in [2.05, 4.69) is 91.7 Å². The molecule has 11 heteroatoms. The second-order valence-corrected chi connectivity index (χ2v) is 19.3. The van der Waals surface area contributed by atoms with Gasteiger partial charge < -0.3 is 19.1 Å². The third-order valence-corrected chi connectivity index (χ3v) is 15.5. The predicted octanol–water partition coefficient (Wildman–Crippen LogP) is 6.25. The number of nitrogens with one attached hydrogen (secondary N) is 1. The lowest BCUT2D eigenvalue weighted by Gasteiger charge is -2.54. The number of fused-ring (bicyclic) bond motifs is 8. The fourth-order valence-corrected chi connectivity index (χ4v) is 11.8. The third-order valence-electron chi connectivity index (χ3n) is 13.6. The highest BCUT2D eigenvalue weighted by molar-refractivity contribution is 7.90. The monoisotopic (exact) mass is 777 g/mol. The molecule has 1 N–H and O–H groups in total. The first-order valence-electron chi connectivity index (χ1n) is 20.8. The van der Waals surface area contributed by atoms with Gasteiger partial charge in [0, 0.05) is 56.3 Å². The van der Waals surface area contributed by atoms with E-state index in [0.29, 0.717) is 30.9 Å². The number of allylic oxidation sites excluding steroid dienone is 4. The van der Waals surface area contributed by atoms with Gasteiger partial charge in [-0.05, 0) is 85.6 Å². The molecule has 2 saturated heterocycles. The molecule has 3 fully saturated rings. The molecule has 10 nitrogen and oxygen atoms in total. The van der Waals surface area contributed by atoms with E-state index in [1.54, 1.807) is 14.0 Å². The lowest BCUT2D eigenvalue weighted by molar-refractivity contribution is -0.151. The Hall–Kier alpha value is -4.19. The van der Waals surface area contributed by atoms with Crippen molar-refractivity contribution in [3.05, 3.63) is 99.8 Å². The standard InChI is InChI=1S/C45H55N5O5S/c1-5-28(2)56(53,54)46-44(51)42-37-27-49-38(21-36-39(55-4)20-19-33(43(36)49)30-15-10-7-11-16-30)40-34(41(37)42)17-12-18-35(40)45(52)50-31-23-47(3)24-32(50)26-48(25-31)22-29-13-8-6-9-14-29/h6,8-9,12-14,17,19-21,28,30-32,35,40H,5,7,10-11,15-16,18,22-27H2,1-4H3,(H,46,51)/t28?,31?,32?,35-,40?/m1/s1. The highest BCUT2D eigenvalue weighted by Crippen LogP contribution is 2.55. The second kappa shape index (κ2) is 14.6. The second-order valence-electron chi connectivity index (χ2n) is 17.2. The molecular formula is C45H55N5O5S. The Balaban J connectivity index is 1.14. The van der Waals surface area contributed by atoms with Gasteiger partial charge in [-0.25, -0.2) is 13.1 Å². The Kier molecular flexibility index (Phi) is 9.77. The maximum atomic E-state index is 15.4. The van der Waals surface area contributed by atoms with E-state index in [-0.39, 0.29) is 29.8 Å². The molecule has 4 heterocycles. The molecule has 56 heavy (non-hydrogen) atoms. The number of benzene rings is 2. The first-order chi connectivity index (χ1) is 27.1. The van der Waals surface area contributed by atoms with Gasteiger partial charge in [0.05, 0.1) is 41.5 Å². The topological polar surface area (TPSA) is 104 Å². The number of amides is 2. The van der Waals surface area contributed by atoms with E-state index in [0.717, 1.165) is 84.6 Å². The third kappa shape index (κ3) is 6.43. The molecule has 2 aromatic carbocycles. The Morgan fingerprint density at radius 1 is 0.982 bits per heavy atom. The summed E-state index contributed by atoms with van der Waals surface area (Å²) >= 11 is 0. The smallest absolute Gasteiger partial charge is 0.265 e. The summed E-state index contributed by atoms with van der Waals surface area (Å²) < 4.78 is 37.2. The van der Waals surface area contributed by atoms with Gasteiger partial charge >= 0.3 is 0 Å². The number of methoxy groups -OCH3 is 1. The van der Waals surface area contributed by atoms with Crippen LogP contribution in [-0.2, 0) is 32.7 Å². The number of piperazine rings is 2. The zero-order valence-electron chi connectivity index (χ0n) is 33.2. The lowest BCUT2D eigenvalue weighted by atomic mass is 9.75. The van der Waals surface area contributed by atoms with Crippen LogP contribution in [0.4, 0.5) is 0 Å². The summed E-state index contributed by atoms with van der Waals surface area (Å²) in [7, 11) is 0.0252. The lowest BCUT2D eigenvalue weighted by Crippen LogP contribution is -2.69. The van der Waals surface area contributed by atoms with Crippen LogP contribution in [0.3, 0.4) is 0 Å². The van der Waals surface area contributed by atoms with Crippen molar-refractivity contribution in [2.75, 3.05) is 40.3 Å². The van der Waals surface area contributed by atoms with Crippen molar-refractivity contribution >= 4 is 32.7 Å². The van der Waals surface area contributed by atoms with Crippen molar-refractivity contribution < 1.29 is 22.7 Å². The van der Waals surface area contributed by atoms with Gasteiger partial charge in [-0.2, -0.15) is 0 Å². The Labute approximate surface area is 331 Å². The van der Waals surface area contributed by atoms with Gasteiger partial charge in [-0.15, -0.1) is 0 Å². The normalized spacial score (nSPS) is 26.0. The van der Waals surface area contributed by atoms with E-state index < -0.39 is 21.2 Å².